The summed E-state index contributed by atoms with van der Waals surface area (Å²) in [7, 11) is 0. The van der Waals surface area contributed by atoms with Crippen LogP contribution in [0.3, 0.4) is 0 Å². The van der Waals surface area contributed by atoms with Crippen LogP contribution >= 0.6 is 0 Å². The van der Waals surface area contributed by atoms with E-state index in [4.69, 9.17) is 4.74 Å². The second-order valence-electron chi connectivity index (χ2n) is 6.24. The van der Waals surface area contributed by atoms with E-state index in [-0.39, 0.29) is 18.4 Å². The van der Waals surface area contributed by atoms with Gasteiger partial charge in [0, 0.05) is 31.8 Å². The molecule has 0 spiro atoms. The molecule has 0 unspecified atom stereocenters. The Bertz CT molecular complexity index is 534. The molecule has 5 heteroatoms. The Balaban J connectivity index is 1.89. The number of nitrogens with zero attached hydrogens (tertiary/aromatic N) is 1. The number of anilines is 1. The Hall–Kier alpha value is -2.04. The van der Waals surface area contributed by atoms with Crippen molar-refractivity contribution in [2.75, 3.05) is 25.0 Å². The number of ether oxygens (including phenoxy) is 1. The maximum Gasteiger partial charge on any atom is 0.260 e. The van der Waals surface area contributed by atoms with Crippen molar-refractivity contribution < 1.29 is 14.3 Å². The molecule has 0 bridgehead atoms. The Labute approximate surface area is 131 Å². The summed E-state index contributed by atoms with van der Waals surface area (Å²) in [6, 6.07) is 7.07. The van der Waals surface area contributed by atoms with Crippen LogP contribution in [0.25, 0.3) is 0 Å². The highest BCUT2D eigenvalue weighted by molar-refractivity contribution is 5.88. The molecule has 0 saturated carbocycles. The van der Waals surface area contributed by atoms with Gasteiger partial charge in [0.1, 0.15) is 5.75 Å². The van der Waals surface area contributed by atoms with Gasteiger partial charge in [-0.05, 0) is 30.4 Å². The lowest BCUT2D eigenvalue weighted by Crippen LogP contribution is -2.44. The van der Waals surface area contributed by atoms with Crippen molar-refractivity contribution in [3.8, 4) is 5.75 Å². The summed E-state index contributed by atoms with van der Waals surface area (Å²) in [6.07, 6.45) is 1.17. The highest BCUT2D eigenvalue weighted by atomic mass is 16.5. The molecule has 2 rings (SSSR count). The first-order valence-corrected chi connectivity index (χ1v) is 7.72. The van der Waals surface area contributed by atoms with Crippen LogP contribution in [0.1, 0.15) is 27.2 Å². The molecule has 2 amide bonds. The summed E-state index contributed by atoms with van der Waals surface area (Å²) < 4.78 is 5.57. The molecule has 1 aromatic carbocycles. The van der Waals surface area contributed by atoms with Crippen LogP contribution in [0.4, 0.5) is 5.69 Å². The standard InChI is InChI=1S/C17H24N2O3/c1-12-7-13(2)10-19(9-12)17(21)11-22-16-6-4-5-15(8-16)18-14(3)20/h4-6,8,12-13H,7,9-11H2,1-3H3,(H,18,20)/t12-,13-/m1/s1. The van der Waals surface area contributed by atoms with Crippen LogP contribution in [0, 0.1) is 11.8 Å². The van der Waals surface area contributed by atoms with E-state index in [0.29, 0.717) is 23.3 Å². The molecule has 2 atom stereocenters. The van der Waals surface area contributed by atoms with Crippen molar-refractivity contribution in [3.05, 3.63) is 24.3 Å². The van der Waals surface area contributed by atoms with Crippen LogP contribution in [0.15, 0.2) is 24.3 Å². The number of rotatable bonds is 4. The monoisotopic (exact) mass is 304 g/mol. The maximum atomic E-state index is 12.3. The Morgan fingerprint density at radius 3 is 2.59 bits per heavy atom. The SMILES string of the molecule is CC(=O)Nc1cccc(OCC(=O)N2C[C@H](C)C[C@@H](C)C2)c1. The number of benzene rings is 1. The molecule has 1 aromatic rings. The fourth-order valence-electron chi connectivity index (χ4n) is 2.97. The largest absolute Gasteiger partial charge is 0.484 e. The minimum Gasteiger partial charge on any atom is -0.484 e. The second-order valence-corrected chi connectivity index (χ2v) is 6.24. The Morgan fingerprint density at radius 1 is 1.27 bits per heavy atom. The molecular formula is C17H24N2O3. The van der Waals surface area contributed by atoms with Crippen molar-refractivity contribution in [1.29, 1.82) is 0 Å². The van der Waals surface area contributed by atoms with Crippen molar-refractivity contribution in [3.63, 3.8) is 0 Å². The predicted molar refractivity (Wildman–Crippen MR) is 85.8 cm³/mol. The molecule has 5 nitrogen and oxygen atoms in total. The zero-order valence-corrected chi connectivity index (χ0v) is 13.5. The number of hydrogen-bond acceptors (Lipinski definition) is 3. The fourth-order valence-corrected chi connectivity index (χ4v) is 2.97. The summed E-state index contributed by atoms with van der Waals surface area (Å²) in [5.74, 6) is 1.54. The van der Waals surface area contributed by atoms with E-state index < -0.39 is 0 Å². The molecule has 120 valence electrons. The normalized spacial score (nSPS) is 21.3. The van der Waals surface area contributed by atoms with Gasteiger partial charge in [-0.15, -0.1) is 0 Å². The molecular weight excluding hydrogens is 280 g/mol. The van der Waals surface area contributed by atoms with Gasteiger partial charge in [0.05, 0.1) is 0 Å². The summed E-state index contributed by atoms with van der Waals surface area (Å²) in [5, 5.41) is 2.69. The summed E-state index contributed by atoms with van der Waals surface area (Å²) >= 11 is 0. The highest BCUT2D eigenvalue weighted by Gasteiger charge is 2.25. The lowest BCUT2D eigenvalue weighted by atomic mass is 9.92. The van der Waals surface area contributed by atoms with E-state index in [2.05, 4.69) is 19.2 Å². The second kappa shape index (κ2) is 7.29. The topological polar surface area (TPSA) is 58.6 Å². The number of piperidine rings is 1. The first-order valence-electron chi connectivity index (χ1n) is 7.72. The van der Waals surface area contributed by atoms with Crippen LogP contribution in [-0.2, 0) is 9.59 Å². The number of amides is 2. The van der Waals surface area contributed by atoms with E-state index in [0.717, 1.165) is 13.1 Å². The molecule has 0 radical (unpaired) electrons. The molecule has 1 fully saturated rings. The third-order valence-electron chi connectivity index (χ3n) is 3.74. The summed E-state index contributed by atoms with van der Waals surface area (Å²) in [4.78, 5) is 25.2. The molecule has 1 N–H and O–H groups in total. The predicted octanol–water partition coefficient (Wildman–Crippen LogP) is 2.53. The zero-order valence-electron chi connectivity index (χ0n) is 13.5. The van der Waals surface area contributed by atoms with Crippen LogP contribution in [-0.4, -0.2) is 36.4 Å². The first-order chi connectivity index (χ1) is 10.4. The molecule has 0 aliphatic carbocycles. The number of hydrogen-bond donors (Lipinski definition) is 1. The number of carbonyl (C=O) groups excluding carboxylic acids is 2. The fraction of sp³-hybridized carbons (Fsp3) is 0.529. The van der Waals surface area contributed by atoms with Crippen LogP contribution < -0.4 is 10.1 Å². The minimum absolute atomic E-state index is 0.0170. The van der Waals surface area contributed by atoms with Crippen LogP contribution in [0.5, 0.6) is 5.75 Å². The molecule has 1 aliphatic rings. The number of carbonyl (C=O) groups is 2. The summed E-state index contributed by atoms with van der Waals surface area (Å²) in [6.45, 7) is 7.44. The maximum absolute atomic E-state index is 12.3. The Morgan fingerprint density at radius 2 is 1.95 bits per heavy atom. The number of likely N-dealkylation sites (tertiary alicyclic amines) is 1. The van der Waals surface area contributed by atoms with E-state index in [1.165, 1.54) is 13.3 Å². The van der Waals surface area contributed by atoms with Gasteiger partial charge in [-0.1, -0.05) is 19.9 Å². The van der Waals surface area contributed by atoms with Gasteiger partial charge >= 0.3 is 0 Å². The van der Waals surface area contributed by atoms with Crippen LogP contribution in [0.2, 0.25) is 0 Å². The lowest BCUT2D eigenvalue weighted by molar-refractivity contribution is -0.136. The first kappa shape index (κ1) is 16.3. The van der Waals surface area contributed by atoms with E-state index in [9.17, 15) is 9.59 Å². The Kier molecular flexibility index (Phi) is 5.41. The van der Waals surface area contributed by atoms with Gasteiger partial charge in [-0.25, -0.2) is 0 Å². The van der Waals surface area contributed by atoms with Crippen molar-refractivity contribution in [2.24, 2.45) is 11.8 Å². The van der Waals surface area contributed by atoms with Gasteiger partial charge in [-0.3, -0.25) is 9.59 Å². The lowest BCUT2D eigenvalue weighted by Gasteiger charge is -2.34. The smallest absolute Gasteiger partial charge is 0.260 e. The van der Waals surface area contributed by atoms with Gasteiger partial charge < -0.3 is 15.0 Å². The third kappa shape index (κ3) is 4.76. The molecule has 1 aliphatic heterocycles. The quantitative estimate of drug-likeness (QED) is 0.930. The van der Waals surface area contributed by atoms with Gasteiger partial charge in [0.2, 0.25) is 5.91 Å². The third-order valence-corrected chi connectivity index (χ3v) is 3.74. The molecule has 22 heavy (non-hydrogen) atoms. The van der Waals surface area contributed by atoms with Gasteiger partial charge in [0.15, 0.2) is 6.61 Å². The molecule has 1 heterocycles. The van der Waals surface area contributed by atoms with Gasteiger partial charge in [-0.2, -0.15) is 0 Å². The van der Waals surface area contributed by atoms with E-state index in [1.807, 2.05) is 4.90 Å². The molecule has 0 aromatic heterocycles. The van der Waals surface area contributed by atoms with Crippen molar-refractivity contribution in [2.45, 2.75) is 27.2 Å². The minimum atomic E-state index is -0.135. The molecule has 1 saturated heterocycles. The average molecular weight is 304 g/mol. The average Bonchev–Trinajstić information content (AvgIpc) is 2.43. The van der Waals surface area contributed by atoms with Crippen molar-refractivity contribution >= 4 is 17.5 Å². The van der Waals surface area contributed by atoms with Gasteiger partial charge in [0.25, 0.3) is 5.91 Å². The highest BCUT2D eigenvalue weighted by Crippen LogP contribution is 2.21. The van der Waals surface area contributed by atoms with E-state index >= 15 is 0 Å². The van der Waals surface area contributed by atoms with Crippen molar-refractivity contribution in [1.82, 2.24) is 4.90 Å². The van der Waals surface area contributed by atoms with E-state index in [1.54, 1.807) is 24.3 Å². The summed E-state index contributed by atoms with van der Waals surface area (Å²) in [5.41, 5.74) is 0.665. The zero-order chi connectivity index (χ0) is 16.1. The number of nitrogens with one attached hydrogen (secondary N) is 1.